The summed E-state index contributed by atoms with van der Waals surface area (Å²) < 4.78 is 0. The minimum absolute atomic E-state index is 0.528. The van der Waals surface area contributed by atoms with Crippen LogP contribution in [0.5, 0.6) is 0 Å². The molecule has 0 saturated heterocycles. The van der Waals surface area contributed by atoms with E-state index in [2.05, 4.69) is 9.98 Å². The predicted octanol–water partition coefficient (Wildman–Crippen LogP) is 0.968. The van der Waals surface area contributed by atoms with Crippen molar-refractivity contribution in [3.8, 4) is 0 Å². The Morgan fingerprint density at radius 1 is 1.70 bits per heavy atom. The summed E-state index contributed by atoms with van der Waals surface area (Å²) in [5.74, 6) is 0. The summed E-state index contributed by atoms with van der Waals surface area (Å²) in [6.45, 7) is 3.77. The molecule has 1 aromatic rings. The molecule has 0 saturated carbocycles. The highest BCUT2D eigenvalue weighted by molar-refractivity contribution is 7.16. The topological polar surface area (TPSA) is 25.2 Å². The second-order valence-corrected chi connectivity index (χ2v) is 2.99. The van der Waals surface area contributed by atoms with E-state index in [1.807, 2.05) is 13.8 Å². The molecule has 0 atom stereocenters. The quantitative estimate of drug-likeness (QED) is 0.432. The van der Waals surface area contributed by atoms with E-state index in [1.54, 1.807) is 6.21 Å². The van der Waals surface area contributed by atoms with Crippen LogP contribution in [0.4, 0.5) is 5.00 Å². The number of thiazole rings is 1. The maximum atomic E-state index is 5.51. The first-order valence-corrected chi connectivity index (χ1v) is 3.77. The van der Waals surface area contributed by atoms with Gasteiger partial charge in [0.05, 0.1) is 5.01 Å². The summed E-state index contributed by atoms with van der Waals surface area (Å²) in [4.78, 5) is 8.05. The zero-order chi connectivity index (χ0) is 7.56. The Morgan fingerprint density at radius 2 is 2.40 bits per heavy atom. The third-order valence-electron chi connectivity index (χ3n) is 0.988. The highest BCUT2D eigenvalue weighted by Crippen LogP contribution is 2.17. The van der Waals surface area contributed by atoms with Crippen molar-refractivity contribution in [3.05, 3.63) is 5.01 Å². The molecular formula is C6H7BN2S. The molecule has 0 bridgehead atoms. The molecule has 10 heavy (non-hydrogen) atoms. The Labute approximate surface area is 65.4 Å². The van der Waals surface area contributed by atoms with Crippen LogP contribution in [0.15, 0.2) is 4.99 Å². The molecule has 0 aliphatic rings. The first-order chi connectivity index (χ1) is 4.74. The summed E-state index contributed by atoms with van der Waals surface area (Å²) in [5, 5.41) is 1.76. The lowest BCUT2D eigenvalue weighted by molar-refractivity contribution is 1.34. The molecule has 0 N–H and O–H groups in total. The van der Waals surface area contributed by atoms with Crippen molar-refractivity contribution < 1.29 is 0 Å². The molecule has 0 amide bonds. The number of rotatable bonds is 1. The van der Waals surface area contributed by atoms with Crippen molar-refractivity contribution in [2.75, 3.05) is 0 Å². The molecule has 1 heterocycles. The van der Waals surface area contributed by atoms with Crippen LogP contribution in [0.1, 0.15) is 11.9 Å². The van der Waals surface area contributed by atoms with Crippen molar-refractivity contribution in [3.63, 3.8) is 0 Å². The lowest BCUT2D eigenvalue weighted by Crippen LogP contribution is -2.02. The van der Waals surface area contributed by atoms with Crippen molar-refractivity contribution in [2.45, 2.75) is 13.8 Å². The maximum absolute atomic E-state index is 5.51. The molecule has 2 nitrogen and oxygen atoms in total. The van der Waals surface area contributed by atoms with Gasteiger partial charge in [-0.15, -0.1) is 11.3 Å². The van der Waals surface area contributed by atoms with Crippen molar-refractivity contribution in [2.24, 2.45) is 4.99 Å². The molecule has 0 unspecified atom stereocenters. The Kier molecular flexibility index (Phi) is 2.22. The fraction of sp³-hybridized carbons (Fsp3) is 0.333. The Hall–Kier alpha value is -0.635. The molecule has 0 spiro atoms. The highest BCUT2D eigenvalue weighted by atomic mass is 32.1. The van der Waals surface area contributed by atoms with Gasteiger partial charge in [0, 0.05) is 11.8 Å². The van der Waals surface area contributed by atoms with Crippen LogP contribution in [0.2, 0.25) is 0 Å². The van der Waals surface area contributed by atoms with Crippen LogP contribution in [-0.4, -0.2) is 19.0 Å². The molecule has 0 aliphatic heterocycles. The van der Waals surface area contributed by atoms with Gasteiger partial charge in [-0.1, -0.05) is 0 Å². The van der Waals surface area contributed by atoms with Crippen LogP contribution < -0.4 is 5.59 Å². The van der Waals surface area contributed by atoms with Crippen LogP contribution in [0, 0.1) is 6.92 Å². The van der Waals surface area contributed by atoms with E-state index in [0.717, 1.165) is 10.0 Å². The van der Waals surface area contributed by atoms with Gasteiger partial charge in [-0.25, -0.2) is 4.99 Å². The first kappa shape index (κ1) is 7.47. The largest absolute Gasteiger partial charge is 0.256 e. The Morgan fingerprint density at radius 3 is 2.80 bits per heavy atom. The minimum Gasteiger partial charge on any atom is -0.256 e. The van der Waals surface area contributed by atoms with Gasteiger partial charge in [0.25, 0.3) is 0 Å². The van der Waals surface area contributed by atoms with E-state index in [9.17, 15) is 0 Å². The molecule has 1 aromatic heterocycles. The molecule has 4 heteroatoms. The molecule has 0 aliphatic carbocycles. The minimum atomic E-state index is 0.528. The molecule has 50 valence electrons. The number of aryl methyl sites for hydroxylation is 1. The fourth-order valence-corrected chi connectivity index (χ4v) is 1.37. The zero-order valence-corrected chi connectivity index (χ0v) is 6.77. The number of nitrogens with zero attached hydrogens (tertiary/aromatic N) is 2. The number of aliphatic imine (C=N–C) groups is 1. The van der Waals surface area contributed by atoms with E-state index in [1.165, 1.54) is 11.3 Å². The maximum Gasteiger partial charge on any atom is 0.146 e. The van der Waals surface area contributed by atoms with E-state index in [4.69, 9.17) is 7.85 Å². The van der Waals surface area contributed by atoms with Crippen molar-refractivity contribution in [1.82, 2.24) is 4.98 Å². The number of hydrogen-bond acceptors (Lipinski definition) is 3. The Balaban J connectivity index is 3.03. The summed E-state index contributed by atoms with van der Waals surface area (Å²) in [5.41, 5.74) is 0.528. The van der Waals surface area contributed by atoms with E-state index >= 15 is 0 Å². The lowest BCUT2D eigenvalue weighted by Gasteiger charge is -1.83. The SMILES string of the molecule is [B]c1nc(C)sc1N=CC. The van der Waals surface area contributed by atoms with Crippen LogP contribution in [0.25, 0.3) is 0 Å². The monoisotopic (exact) mass is 150 g/mol. The lowest BCUT2D eigenvalue weighted by atomic mass is 10.1. The van der Waals surface area contributed by atoms with E-state index in [-0.39, 0.29) is 0 Å². The molecular weight excluding hydrogens is 143 g/mol. The summed E-state index contributed by atoms with van der Waals surface area (Å²) in [6.07, 6.45) is 1.71. The van der Waals surface area contributed by atoms with Gasteiger partial charge in [-0.3, -0.25) is 4.98 Å². The van der Waals surface area contributed by atoms with Gasteiger partial charge in [0.1, 0.15) is 12.8 Å². The molecule has 0 aromatic carbocycles. The second-order valence-electron chi connectivity index (χ2n) is 1.81. The highest BCUT2D eigenvalue weighted by Gasteiger charge is 1.99. The van der Waals surface area contributed by atoms with Gasteiger partial charge in [-0.05, 0) is 13.8 Å². The molecule has 0 fully saturated rings. The zero-order valence-electron chi connectivity index (χ0n) is 5.96. The van der Waals surface area contributed by atoms with Crippen LogP contribution >= 0.6 is 11.3 Å². The van der Waals surface area contributed by atoms with Crippen molar-refractivity contribution >= 4 is 36.0 Å². The third kappa shape index (κ3) is 1.45. The number of hydrogen-bond donors (Lipinski definition) is 0. The van der Waals surface area contributed by atoms with Gasteiger partial charge in [0.15, 0.2) is 0 Å². The second kappa shape index (κ2) is 2.97. The van der Waals surface area contributed by atoms with E-state index < -0.39 is 0 Å². The van der Waals surface area contributed by atoms with Gasteiger partial charge in [-0.2, -0.15) is 0 Å². The molecule has 1 rings (SSSR count). The van der Waals surface area contributed by atoms with Crippen LogP contribution in [-0.2, 0) is 0 Å². The smallest absolute Gasteiger partial charge is 0.146 e. The third-order valence-corrected chi connectivity index (χ3v) is 1.88. The fourth-order valence-electron chi connectivity index (χ4n) is 0.642. The Bertz CT molecular complexity index is 254. The first-order valence-electron chi connectivity index (χ1n) is 2.95. The van der Waals surface area contributed by atoms with Gasteiger partial charge >= 0.3 is 0 Å². The van der Waals surface area contributed by atoms with Gasteiger partial charge in [0.2, 0.25) is 0 Å². The van der Waals surface area contributed by atoms with Crippen molar-refractivity contribution in [1.29, 1.82) is 0 Å². The predicted molar refractivity (Wildman–Crippen MR) is 46.1 cm³/mol. The summed E-state index contributed by atoms with van der Waals surface area (Å²) >= 11 is 1.50. The van der Waals surface area contributed by atoms with Crippen LogP contribution in [0.3, 0.4) is 0 Å². The average molecular weight is 150 g/mol. The average Bonchev–Trinajstić information content (AvgIpc) is 2.13. The summed E-state index contributed by atoms with van der Waals surface area (Å²) in [7, 11) is 5.51. The molecule has 2 radical (unpaired) electrons. The summed E-state index contributed by atoms with van der Waals surface area (Å²) in [6, 6.07) is 0. The standard InChI is InChI=1S/C6H7BN2S/c1-3-8-6-5(7)9-4(2)10-6/h3H,1-2H3. The van der Waals surface area contributed by atoms with Gasteiger partial charge < -0.3 is 0 Å². The normalized spacial score (nSPS) is 11.0. The number of aromatic nitrogens is 1. The van der Waals surface area contributed by atoms with E-state index in [0.29, 0.717) is 5.59 Å².